The Hall–Kier alpha value is -2.41. The Bertz CT molecular complexity index is 702. The highest BCUT2D eigenvalue weighted by molar-refractivity contribution is 6.30. The van der Waals surface area contributed by atoms with Gasteiger partial charge < -0.3 is 14.7 Å². The second-order valence-corrected chi connectivity index (χ2v) is 5.89. The van der Waals surface area contributed by atoms with Crippen LogP contribution >= 0.6 is 11.6 Å². The van der Waals surface area contributed by atoms with Crippen molar-refractivity contribution in [1.29, 1.82) is 0 Å². The number of amides is 2. The van der Waals surface area contributed by atoms with Crippen LogP contribution in [0.3, 0.4) is 0 Å². The van der Waals surface area contributed by atoms with Crippen molar-refractivity contribution in [3.05, 3.63) is 47.1 Å². The Morgan fingerprint density at radius 3 is 2.74 bits per heavy atom. The molecule has 3 rings (SSSR count). The zero-order valence-electron chi connectivity index (χ0n) is 12.4. The molecular formula is C15H15ClN4O3. The van der Waals surface area contributed by atoms with E-state index in [-0.39, 0.29) is 24.2 Å². The molecule has 2 atom stereocenters. The van der Waals surface area contributed by atoms with Crippen molar-refractivity contribution in [2.24, 2.45) is 5.92 Å². The molecule has 2 amide bonds. The number of benzene rings is 1. The highest BCUT2D eigenvalue weighted by Crippen LogP contribution is 2.23. The third kappa shape index (κ3) is 3.34. The summed E-state index contributed by atoms with van der Waals surface area (Å²) in [5.41, 5.74) is 0.779. The second-order valence-electron chi connectivity index (χ2n) is 5.46. The molecule has 2 aromatic rings. The summed E-state index contributed by atoms with van der Waals surface area (Å²) in [5.74, 6) is -0.284. The lowest BCUT2D eigenvalue weighted by molar-refractivity contribution is -0.128. The Balaban J connectivity index is 1.81. The second kappa shape index (κ2) is 6.37. The molecule has 1 fully saturated rings. The lowest BCUT2D eigenvalue weighted by Crippen LogP contribution is -2.36. The van der Waals surface area contributed by atoms with Gasteiger partial charge in [-0.05, 0) is 17.7 Å². The molecule has 0 spiro atoms. The standard InChI is InChI=1S/C15H15ClN4O3/c1-20-7-10(6-12(20)21)15(22)18-13(14-17-8-23-19-14)9-2-4-11(16)5-3-9/h2-5,8,10,13H,6-7H2,1H3,(H,18,22)/t10-,13+/m0/s1. The molecule has 2 heterocycles. The third-order valence-corrected chi connectivity index (χ3v) is 4.09. The van der Waals surface area contributed by atoms with Crippen molar-refractivity contribution in [1.82, 2.24) is 20.4 Å². The lowest BCUT2D eigenvalue weighted by atomic mass is 10.0. The van der Waals surface area contributed by atoms with Crippen LogP contribution in [0.5, 0.6) is 0 Å². The summed E-state index contributed by atoms with van der Waals surface area (Å²) in [6.07, 6.45) is 1.42. The van der Waals surface area contributed by atoms with Crippen LogP contribution in [-0.4, -0.2) is 40.4 Å². The first-order valence-electron chi connectivity index (χ1n) is 7.10. The first-order chi connectivity index (χ1) is 11.0. The molecule has 0 unspecified atom stereocenters. The predicted molar refractivity (Wildman–Crippen MR) is 81.5 cm³/mol. The maximum atomic E-state index is 12.5. The zero-order valence-corrected chi connectivity index (χ0v) is 13.2. The highest BCUT2D eigenvalue weighted by atomic mass is 35.5. The zero-order chi connectivity index (χ0) is 16.4. The molecule has 1 aliphatic rings. The van der Waals surface area contributed by atoms with Crippen LogP contribution in [-0.2, 0) is 9.59 Å². The van der Waals surface area contributed by atoms with Gasteiger partial charge in [0, 0.05) is 25.0 Å². The summed E-state index contributed by atoms with van der Waals surface area (Å²) in [6, 6.07) is 6.47. The smallest absolute Gasteiger partial charge is 0.226 e. The fourth-order valence-electron chi connectivity index (χ4n) is 2.56. The molecule has 0 radical (unpaired) electrons. The van der Waals surface area contributed by atoms with Gasteiger partial charge in [0.1, 0.15) is 6.04 Å². The van der Waals surface area contributed by atoms with Crippen molar-refractivity contribution >= 4 is 23.4 Å². The number of nitrogens with zero attached hydrogens (tertiary/aromatic N) is 3. The average Bonchev–Trinajstić information content (AvgIpc) is 3.17. The molecule has 23 heavy (non-hydrogen) atoms. The van der Waals surface area contributed by atoms with Gasteiger partial charge in [0.2, 0.25) is 18.2 Å². The highest BCUT2D eigenvalue weighted by Gasteiger charge is 2.34. The van der Waals surface area contributed by atoms with E-state index in [1.807, 2.05) is 0 Å². The van der Waals surface area contributed by atoms with Gasteiger partial charge in [-0.2, -0.15) is 4.98 Å². The number of nitrogens with one attached hydrogen (secondary N) is 1. The van der Waals surface area contributed by atoms with Crippen LogP contribution in [0.15, 0.2) is 35.2 Å². The molecule has 1 saturated heterocycles. The first-order valence-corrected chi connectivity index (χ1v) is 7.48. The molecule has 0 saturated carbocycles. The first kappa shape index (κ1) is 15.5. The molecule has 1 aromatic carbocycles. The minimum Gasteiger partial charge on any atom is -0.345 e. The van der Waals surface area contributed by atoms with Crippen LogP contribution in [0, 0.1) is 5.92 Å². The fraction of sp³-hybridized carbons (Fsp3) is 0.333. The van der Waals surface area contributed by atoms with Crippen LogP contribution in [0.25, 0.3) is 0 Å². The van der Waals surface area contributed by atoms with E-state index >= 15 is 0 Å². The van der Waals surface area contributed by atoms with Crippen molar-refractivity contribution < 1.29 is 14.1 Å². The topological polar surface area (TPSA) is 88.3 Å². The van der Waals surface area contributed by atoms with E-state index < -0.39 is 6.04 Å². The van der Waals surface area contributed by atoms with Gasteiger partial charge in [0.25, 0.3) is 0 Å². The lowest BCUT2D eigenvalue weighted by Gasteiger charge is -2.18. The summed E-state index contributed by atoms with van der Waals surface area (Å²) >= 11 is 5.90. The van der Waals surface area contributed by atoms with E-state index in [1.165, 1.54) is 6.39 Å². The van der Waals surface area contributed by atoms with Crippen molar-refractivity contribution in [2.45, 2.75) is 12.5 Å². The van der Waals surface area contributed by atoms with E-state index in [0.29, 0.717) is 17.4 Å². The SMILES string of the molecule is CN1C[C@@H](C(=O)N[C@H](c2ccc(Cl)cc2)c2ncon2)CC1=O. The summed E-state index contributed by atoms with van der Waals surface area (Å²) in [7, 11) is 1.69. The van der Waals surface area contributed by atoms with Crippen LogP contribution in [0.2, 0.25) is 5.02 Å². The number of halogens is 1. The monoisotopic (exact) mass is 334 g/mol. The van der Waals surface area contributed by atoms with E-state index in [9.17, 15) is 9.59 Å². The normalized spacial score (nSPS) is 19.0. The van der Waals surface area contributed by atoms with Gasteiger partial charge in [-0.25, -0.2) is 0 Å². The maximum Gasteiger partial charge on any atom is 0.226 e. The van der Waals surface area contributed by atoms with E-state index in [2.05, 4.69) is 15.5 Å². The molecule has 1 aliphatic heterocycles. The molecule has 1 aromatic heterocycles. The number of hydrogen-bond acceptors (Lipinski definition) is 5. The third-order valence-electron chi connectivity index (χ3n) is 3.84. The van der Waals surface area contributed by atoms with Gasteiger partial charge in [-0.1, -0.05) is 28.9 Å². The molecule has 0 bridgehead atoms. The van der Waals surface area contributed by atoms with Crippen molar-refractivity contribution in [3.63, 3.8) is 0 Å². The Labute approximate surface area is 137 Å². The van der Waals surface area contributed by atoms with Gasteiger partial charge in [0.15, 0.2) is 5.82 Å². The minimum absolute atomic E-state index is 0.0345. The minimum atomic E-state index is -0.556. The number of aromatic nitrogens is 2. The van der Waals surface area contributed by atoms with Crippen LogP contribution in [0.4, 0.5) is 0 Å². The average molecular weight is 335 g/mol. The van der Waals surface area contributed by atoms with Gasteiger partial charge in [-0.3, -0.25) is 9.59 Å². The summed E-state index contributed by atoms with van der Waals surface area (Å²) in [6.45, 7) is 0.407. The largest absolute Gasteiger partial charge is 0.345 e. The number of carbonyl (C=O) groups is 2. The number of likely N-dealkylation sites (tertiary alicyclic amines) is 1. The fourth-order valence-corrected chi connectivity index (χ4v) is 2.68. The quantitative estimate of drug-likeness (QED) is 0.913. The van der Waals surface area contributed by atoms with Crippen molar-refractivity contribution in [2.75, 3.05) is 13.6 Å². The molecule has 8 heteroatoms. The Morgan fingerprint density at radius 2 is 2.17 bits per heavy atom. The summed E-state index contributed by atoms with van der Waals surface area (Å²) in [4.78, 5) is 29.7. The number of carbonyl (C=O) groups excluding carboxylic acids is 2. The molecule has 1 N–H and O–H groups in total. The number of rotatable bonds is 4. The van der Waals surface area contributed by atoms with E-state index in [1.54, 1.807) is 36.2 Å². The molecule has 0 aliphatic carbocycles. The van der Waals surface area contributed by atoms with E-state index in [0.717, 1.165) is 5.56 Å². The summed E-state index contributed by atoms with van der Waals surface area (Å²) in [5, 5.41) is 7.30. The van der Waals surface area contributed by atoms with Crippen LogP contribution in [0.1, 0.15) is 23.9 Å². The van der Waals surface area contributed by atoms with Gasteiger partial charge in [-0.15, -0.1) is 0 Å². The van der Waals surface area contributed by atoms with Gasteiger partial charge >= 0.3 is 0 Å². The molecule has 7 nitrogen and oxygen atoms in total. The molecule has 120 valence electrons. The number of hydrogen-bond donors (Lipinski definition) is 1. The predicted octanol–water partition coefficient (Wildman–Crippen LogP) is 1.41. The Kier molecular flexibility index (Phi) is 4.29. The maximum absolute atomic E-state index is 12.5. The molecular weight excluding hydrogens is 320 g/mol. The van der Waals surface area contributed by atoms with Crippen molar-refractivity contribution in [3.8, 4) is 0 Å². The Morgan fingerprint density at radius 1 is 1.43 bits per heavy atom. The van der Waals surface area contributed by atoms with Gasteiger partial charge in [0.05, 0.1) is 5.92 Å². The summed E-state index contributed by atoms with van der Waals surface area (Å²) < 4.78 is 4.78. The van der Waals surface area contributed by atoms with Crippen LogP contribution < -0.4 is 5.32 Å². The van der Waals surface area contributed by atoms with E-state index in [4.69, 9.17) is 16.1 Å².